The van der Waals surface area contributed by atoms with Crippen molar-refractivity contribution >= 4 is 16.1 Å². The zero-order valence-electron chi connectivity index (χ0n) is 8.81. The Kier molecular flexibility index (Phi) is 3.64. The molecule has 0 radical (unpaired) electrons. The summed E-state index contributed by atoms with van der Waals surface area (Å²) in [6.07, 6.45) is -0.798. The zero-order valence-corrected chi connectivity index (χ0v) is 9.62. The maximum absolute atomic E-state index is 13.2. The largest absolute Gasteiger partial charge is 0.496 e. The highest BCUT2D eigenvalue weighted by Gasteiger charge is 2.17. The van der Waals surface area contributed by atoms with Gasteiger partial charge in [0.05, 0.1) is 12.0 Å². The van der Waals surface area contributed by atoms with Gasteiger partial charge in [0.15, 0.2) is 22.3 Å². The molecular weight excluding hydrogens is 235 g/mol. The van der Waals surface area contributed by atoms with Crippen LogP contribution in [0, 0.1) is 0 Å². The Bertz CT molecular complexity index is 496. The molecule has 0 bridgehead atoms. The van der Waals surface area contributed by atoms with Gasteiger partial charge in [0.2, 0.25) is 0 Å². The number of carbonyl (C=O) groups excluding carboxylic acids is 1. The lowest BCUT2D eigenvalue weighted by molar-refractivity contribution is -0.112. The maximum atomic E-state index is 13.2. The lowest BCUT2D eigenvalue weighted by Crippen LogP contribution is -2.02. The molecule has 1 rings (SSSR count). The fraction of sp³-hybridized carbons (Fsp3) is 0.300. The highest BCUT2D eigenvalue weighted by Crippen LogP contribution is 2.29. The summed E-state index contributed by atoms with van der Waals surface area (Å²) in [5.74, 6) is 0.145. The van der Waals surface area contributed by atoms with Gasteiger partial charge < -0.3 is 4.74 Å². The minimum Gasteiger partial charge on any atom is -0.496 e. The van der Waals surface area contributed by atoms with Crippen molar-refractivity contribution in [3.63, 3.8) is 0 Å². The van der Waals surface area contributed by atoms with Crippen LogP contribution in [0.3, 0.4) is 0 Å². The van der Waals surface area contributed by atoms with Crippen molar-refractivity contribution in [2.45, 2.75) is 11.1 Å². The van der Waals surface area contributed by atoms with E-state index in [1.54, 1.807) is 0 Å². The van der Waals surface area contributed by atoms with E-state index in [9.17, 15) is 17.6 Å². The van der Waals surface area contributed by atoms with Crippen LogP contribution in [0.5, 0.6) is 5.75 Å². The lowest BCUT2D eigenvalue weighted by Gasteiger charge is -2.10. The molecule has 4 nitrogen and oxygen atoms in total. The number of carbonyl (C=O) groups is 1. The molecule has 1 unspecified atom stereocenters. The minimum absolute atomic E-state index is 0.0483. The van der Waals surface area contributed by atoms with E-state index in [0.29, 0.717) is 0 Å². The van der Waals surface area contributed by atoms with E-state index in [0.717, 1.165) is 12.3 Å². The van der Waals surface area contributed by atoms with Gasteiger partial charge in [-0.25, -0.2) is 12.8 Å². The predicted octanol–water partition coefficient (Wildman–Crippen LogP) is 1.31. The molecule has 0 saturated heterocycles. The number of halogens is 1. The number of ether oxygens (including phenoxy) is 1. The first-order valence-electron chi connectivity index (χ1n) is 4.37. The first-order chi connectivity index (χ1) is 7.40. The molecule has 0 heterocycles. The van der Waals surface area contributed by atoms with Crippen LogP contribution >= 0.6 is 0 Å². The predicted molar refractivity (Wildman–Crippen MR) is 56.0 cm³/mol. The number of aldehydes is 1. The average Bonchev–Trinajstić information content (AvgIpc) is 2.25. The molecule has 6 heteroatoms. The molecule has 88 valence electrons. The number of rotatable bonds is 4. The second-order valence-electron chi connectivity index (χ2n) is 3.21. The third-order valence-electron chi connectivity index (χ3n) is 2.05. The van der Waals surface area contributed by atoms with Gasteiger partial charge in [0, 0.05) is 11.8 Å². The molecule has 0 saturated carbocycles. The van der Waals surface area contributed by atoms with Gasteiger partial charge in [-0.05, 0) is 18.2 Å². The van der Waals surface area contributed by atoms with E-state index in [1.807, 2.05) is 0 Å². The summed E-state index contributed by atoms with van der Waals surface area (Å²) in [6.45, 7) is 0. The van der Waals surface area contributed by atoms with Gasteiger partial charge in [-0.2, -0.15) is 0 Å². The number of sulfone groups is 1. The molecule has 0 aromatic heterocycles. The number of methoxy groups -OCH3 is 1. The Morgan fingerprint density at radius 3 is 2.50 bits per heavy atom. The molecule has 0 amide bonds. The van der Waals surface area contributed by atoms with Crippen LogP contribution in [0.1, 0.15) is 11.7 Å². The van der Waals surface area contributed by atoms with Crippen molar-refractivity contribution < 1.29 is 22.3 Å². The van der Waals surface area contributed by atoms with E-state index in [1.165, 1.54) is 19.2 Å². The summed E-state index contributed by atoms with van der Waals surface area (Å²) in [7, 11) is -2.11. The lowest BCUT2D eigenvalue weighted by atomic mass is 10.1. The van der Waals surface area contributed by atoms with Crippen molar-refractivity contribution in [2.24, 2.45) is 0 Å². The number of hydrogen-bond acceptors (Lipinski definition) is 4. The normalized spacial score (nSPS) is 13.2. The van der Waals surface area contributed by atoms with Crippen LogP contribution in [0.25, 0.3) is 0 Å². The van der Waals surface area contributed by atoms with Gasteiger partial charge in [0.25, 0.3) is 0 Å². The third kappa shape index (κ3) is 2.57. The second-order valence-corrected chi connectivity index (χ2v) is 5.23. The topological polar surface area (TPSA) is 60.4 Å². The van der Waals surface area contributed by atoms with Gasteiger partial charge in [-0.1, -0.05) is 0 Å². The van der Waals surface area contributed by atoms with Crippen LogP contribution in [-0.4, -0.2) is 28.1 Å². The average molecular weight is 246 g/mol. The first kappa shape index (κ1) is 12.6. The monoisotopic (exact) mass is 246 g/mol. The van der Waals surface area contributed by atoms with Crippen molar-refractivity contribution in [2.75, 3.05) is 13.4 Å². The summed E-state index contributed by atoms with van der Waals surface area (Å²) < 4.78 is 40.6. The van der Waals surface area contributed by atoms with E-state index in [-0.39, 0.29) is 22.5 Å². The molecule has 0 spiro atoms. The van der Waals surface area contributed by atoms with E-state index in [4.69, 9.17) is 4.74 Å². The Morgan fingerprint density at radius 1 is 1.44 bits per heavy atom. The maximum Gasteiger partial charge on any atom is 0.184 e. The van der Waals surface area contributed by atoms with E-state index in [2.05, 4.69) is 0 Å². The summed E-state index contributed by atoms with van der Waals surface area (Å²) in [5.41, 5.74) is -0.0829. The van der Waals surface area contributed by atoms with Crippen molar-refractivity contribution in [1.82, 2.24) is 0 Å². The van der Waals surface area contributed by atoms with Crippen LogP contribution in [-0.2, 0) is 14.6 Å². The molecule has 1 aromatic rings. The molecule has 0 aliphatic carbocycles. The fourth-order valence-corrected chi connectivity index (χ4v) is 1.89. The standard InChI is InChI=1S/C10H11FO4S/c1-15-10-4-3-7(16(2,13)14)5-8(10)9(11)6-12/h3-6,9H,1-2H3. The first-order valence-corrected chi connectivity index (χ1v) is 6.26. The number of hydrogen-bond donors (Lipinski definition) is 0. The Balaban J connectivity index is 3.38. The molecule has 0 N–H and O–H groups in total. The molecule has 0 fully saturated rings. The summed E-state index contributed by atoms with van der Waals surface area (Å²) in [6, 6.07) is 3.73. The summed E-state index contributed by atoms with van der Waals surface area (Å²) >= 11 is 0. The van der Waals surface area contributed by atoms with E-state index < -0.39 is 16.0 Å². The Labute approximate surface area is 93.0 Å². The molecule has 0 aliphatic heterocycles. The SMILES string of the molecule is COc1ccc(S(C)(=O)=O)cc1C(F)C=O. The van der Waals surface area contributed by atoms with Gasteiger partial charge >= 0.3 is 0 Å². The molecule has 0 aliphatic rings. The van der Waals surface area contributed by atoms with Crippen LogP contribution < -0.4 is 4.74 Å². The summed E-state index contributed by atoms with van der Waals surface area (Å²) in [5, 5.41) is 0. The minimum atomic E-state index is -3.43. The fourth-order valence-electron chi connectivity index (χ4n) is 1.23. The molecule has 1 atom stereocenters. The molecular formula is C10H11FO4S. The Morgan fingerprint density at radius 2 is 2.06 bits per heavy atom. The highest BCUT2D eigenvalue weighted by molar-refractivity contribution is 7.90. The number of benzene rings is 1. The van der Waals surface area contributed by atoms with Crippen LogP contribution in [0.4, 0.5) is 4.39 Å². The quantitative estimate of drug-likeness (QED) is 0.751. The second kappa shape index (κ2) is 4.61. The third-order valence-corrected chi connectivity index (χ3v) is 3.16. The van der Waals surface area contributed by atoms with Crippen molar-refractivity contribution in [3.8, 4) is 5.75 Å². The van der Waals surface area contributed by atoms with Crippen molar-refractivity contribution in [3.05, 3.63) is 23.8 Å². The van der Waals surface area contributed by atoms with E-state index >= 15 is 0 Å². The van der Waals surface area contributed by atoms with Gasteiger partial charge in [0.1, 0.15) is 5.75 Å². The smallest absolute Gasteiger partial charge is 0.184 e. The van der Waals surface area contributed by atoms with Crippen molar-refractivity contribution in [1.29, 1.82) is 0 Å². The molecule has 1 aromatic carbocycles. The van der Waals surface area contributed by atoms with Gasteiger partial charge in [-0.15, -0.1) is 0 Å². The Hall–Kier alpha value is -1.43. The summed E-state index contributed by atoms with van der Waals surface area (Å²) in [4.78, 5) is 10.3. The van der Waals surface area contributed by atoms with Crippen LogP contribution in [0.2, 0.25) is 0 Å². The van der Waals surface area contributed by atoms with Crippen LogP contribution in [0.15, 0.2) is 23.1 Å². The molecule has 16 heavy (non-hydrogen) atoms. The number of alkyl halides is 1. The zero-order chi connectivity index (χ0) is 12.3. The highest BCUT2D eigenvalue weighted by atomic mass is 32.2. The van der Waals surface area contributed by atoms with Gasteiger partial charge in [-0.3, -0.25) is 4.79 Å².